The number of anilines is 1. The molecule has 19 heavy (non-hydrogen) atoms. The summed E-state index contributed by atoms with van der Waals surface area (Å²) in [6, 6.07) is 8.94. The lowest BCUT2D eigenvalue weighted by Gasteiger charge is -2.06. The number of amides is 1. The summed E-state index contributed by atoms with van der Waals surface area (Å²) in [7, 11) is 1.52. The Morgan fingerprint density at radius 3 is 2.58 bits per heavy atom. The lowest BCUT2D eigenvalue weighted by Crippen LogP contribution is -2.14. The summed E-state index contributed by atoms with van der Waals surface area (Å²) in [4.78, 5) is 20.2. The highest BCUT2D eigenvalue weighted by atomic mass is 127. The molecule has 5 nitrogen and oxygen atoms in total. The van der Waals surface area contributed by atoms with Crippen LogP contribution in [0.3, 0.4) is 0 Å². The summed E-state index contributed by atoms with van der Waals surface area (Å²) < 4.78 is 6.11. The highest BCUT2D eigenvalue weighted by Crippen LogP contribution is 2.13. The predicted octanol–water partition coefficient (Wildman–Crippen LogP) is 2.65. The molecule has 0 saturated carbocycles. The van der Waals surface area contributed by atoms with Crippen molar-refractivity contribution in [2.45, 2.75) is 6.92 Å². The molecular weight excluding hydrogens is 357 g/mol. The van der Waals surface area contributed by atoms with Gasteiger partial charge in [-0.25, -0.2) is 4.98 Å². The van der Waals surface area contributed by atoms with E-state index in [0.717, 1.165) is 9.26 Å². The average molecular weight is 369 g/mol. The number of methoxy groups -OCH3 is 1. The third kappa shape index (κ3) is 3.63. The first-order valence-corrected chi connectivity index (χ1v) is 6.63. The monoisotopic (exact) mass is 369 g/mol. The van der Waals surface area contributed by atoms with E-state index < -0.39 is 0 Å². The first kappa shape index (κ1) is 13.7. The van der Waals surface area contributed by atoms with Crippen LogP contribution in [0.2, 0.25) is 0 Å². The first-order valence-electron chi connectivity index (χ1n) is 5.55. The van der Waals surface area contributed by atoms with Crippen molar-refractivity contribution in [3.8, 4) is 5.88 Å². The Morgan fingerprint density at radius 2 is 1.95 bits per heavy atom. The Balaban J connectivity index is 2.18. The van der Waals surface area contributed by atoms with Crippen LogP contribution in [0.5, 0.6) is 5.88 Å². The first-order chi connectivity index (χ1) is 9.08. The molecule has 0 spiro atoms. The molecule has 6 heteroatoms. The fourth-order valence-corrected chi connectivity index (χ4v) is 1.83. The van der Waals surface area contributed by atoms with E-state index >= 15 is 0 Å². The van der Waals surface area contributed by atoms with Crippen molar-refractivity contribution in [1.29, 1.82) is 0 Å². The van der Waals surface area contributed by atoms with Crippen molar-refractivity contribution in [3.63, 3.8) is 0 Å². The Morgan fingerprint density at radius 1 is 1.26 bits per heavy atom. The molecule has 2 rings (SSSR count). The predicted molar refractivity (Wildman–Crippen MR) is 80.4 cm³/mol. The molecule has 0 fully saturated rings. The summed E-state index contributed by atoms with van der Waals surface area (Å²) in [5, 5.41) is 2.65. The summed E-state index contributed by atoms with van der Waals surface area (Å²) in [6.07, 6.45) is 0. The maximum atomic E-state index is 12.0. The van der Waals surface area contributed by atoms with Gasteiger partial charge in [0.05, 0.1) is 7.11 Å². The molecule has 1 amide bonds. The Kier molecular flexibility index (Phi) is 4.31. The maximum absolute atomic E-state index is 12.0. The molecule has 1 aromatic heterocycles. The number of halogens is 1. The molecule has 0 radical (unpaired) electrons. The minimum absolute atomic E-state index is 0.236. The normalized spacial score (nSPS) is 10.1. The van der Waals surface area contributed by atoms with Crippen LogP contribution >= 0.6 is 22.6 Å². The van der Waals surface area contributed by atoms with E-state index in [1.165, 1.54) is 7.11 Å². The van der Waals surface area contributed by atoms with Crippen LogP contribution in [0, 0.1) is 10.5 Å². The largest absolute Gasteiger partial charge is 0.481 e. The van der Waals surface area contributed by atoms with Gasteiger partial charge in [0.25, 0.3) is 5.91 Å². The van der Waals surface area contributed by atoms with Crippen LogP contribution in [0.15, 0.2) is 30.3 Å². The van der Waals surface area contributed by atoms with Crippen molar-refractivity contribution in [2.24, 2.45) is 0 Å². The van der Waals surface area contributed by atoms with Crippen molar-refractivity contribution < 1.29 is 9.53 Å². The van der Waals surface area contributed by atoms with Gasteiger partial charge >= 0.3 is 0 Å². The molecule has 1 N–H and O–H groups in total. The van der Waals surface area contributed by atoms with Crippen LogP contribution in [0.1, 0.15) is 16.1 Å². The van der Waals surface area contributed by atoms with Gasteiger partial charge in [0.1, 0.15) is 0 Å². The van der Waals surface area contributed by atoms with E-state index in [1.54, 1.807) is 18.2 Å². The number of hydrogen-bond donors (Lipinski definition) is 1. The molecule has 0 atom stereocenters. The molecule has 0 saturated heterocycles. The van der Waals surface area contributed by atoms with E-state index in [9.17, 15) is 4.79 Å². The van der Waals surface area contributed by atoms with Gasteiger partial charge in [-0.05, 0) is 53.8 Å². The van der Waals surface area contributed by atoms with Gasteiger partial charge in [-0.1, -0.05) is 0 Å². The van der Waals surface area contributed by atoms with Crippen LogP contribution in [-0.4, -0.2) is 23.0 Å². The van der Waals surface area contributed by atoms with E-state index in [0.29, 0.717) is 11.4 Å². The van der Waals surface area contributed by atoms with Gasteiger partial charge in [-0.2, -0.15) is 4.98 Å². The molecule has 0 aliphatic carbocycles. The number of aromatic nitrogens is 2. The molecule has 0 aliphatic heterocycles. The number of nitrogens with one attached hydrogen (secondary N) is 1. The molecule has 1 aromatic carbocycles. The number of hydrogen-bond acceptors (Lipinski definition) is 4. The van der Waals surface area contributed by atoms with Crippen molar-refractivity contribution in [3.05, 3.63) is 45.2 Å². The van der Waals surface area contributed by atoms with E-state index in [4.69, 9.17) is 4.74 Å². The van der Waals surface area contributed by atoms with E-state index in [-0.39, 0.29) is 11.9 Å². The quantitative estimate of drug-likeness (QED) is 0.845. The van der Waals surface area contributed by atoms with Gasteiger partial charge in [0, 0.05) is 20.9 Å². The molecule has 98 valence electrons. The highest BCUT2D eigenvalue weighted by molar-refractivity contribution is 14.1. The second-order valence-electron chi connectivity index (χ2n) is 3.84. The second kappa shape index (κ2) is 5.96. The Labute approximate surface area is 124 Å². The summed E-state index contributed by atoms with van der Waals surface area (Å²) in [6.45, 7) is 1.81. The second-order valence-corrected chi connectivity index (χ2v) is 5.08. The summed E-state index contributed by atoms with van der Waals surface area (Å²) >= 11 is 2.18. The van der Waals surface area contributed by atoms with Crippen LogP contribution in [-0.2, 0) is 0 Å². The zero-order valence-electron chi connectivity index (χ0n) is 10.5. The van der Waals surface area contributed by atoms with Gasteiger partial charge in [-0.15, -0.1) is 0 Å². The van der Waals surface area contributed by atoms with E-state index in [2.05, 4.69) is 37.9 Å². The zero-order chi connectivity index (χ0) is 13.8. The van der Waals surface area contributed by atoms with Gasteiger partial charge in [-0.3, -0.25) is 10.1 Å². The lowest BCUT2D eigenvalue weighted by atomic mass is 10.2. The molecule has 0 bridgehead atoms. The topological polar surface area (TPSA) is 64.1 Å². The van der Waals surface area contributed by atoms with Crippen LogP contribution < -0.4 is 10.1 Å². The third-order valence-electron chi connectivity index (χ3n) is 2.37. The number of rotatable bonds is 3. The highest BCUT2D eigenvalue weighted by Gasteiger charge is 2.09. The number of benzene rings is 1. The Bertz CT molecular complexity index is 599. The number of carbonyl (C=O) groups is 1. The van der Waals surface area contributed by atoms with Gasteiger partial charge in [0.15, 0.2) is 0 Å². The minimum Gasteiger partial charge on any atom is -0.481 e. The van der Waals surface area contributed by atoms with Gasteiger partial charge < -0.3 is 4.74 Å². The summed E-state index contributed by atoms with van der Waals surface area (Å²) in [5.41, 5.74) is 1.29. The minimum atomic E-state index is -0.246. The fraction of sp³-hybridized carbons (Fsp3) is 0.154. The van der Waals surface area contributed by atoms with Crippen molar-refractivity contribution in [2.75, 3.05) is 12.4 Å². The van der Waals surface area contributed by atoms with Gasteiger partial charge in [0.2, 0.25) is 11.8 Å². The van der Waals surface area contributed by atoms with Crippen molar-refractivity contribution >= 4 is 34.4 Å². The number of ether oxygens (including phenoxy) is 1. The smallest absolute Gasteiger partial charge is 0.258 e. The average Bonchev–Trinajstić information content (AvgIpc) is 2.38. The van der Waals surface area contributed by atoms with Crippen LogP contribution in [0.4, 0.5) is 5.95 Å². The number of aryl methyl sites for hydroxylation is 1. The standard InChI is InChI=1S/C13H12IN3O2/c1-8-7-11(19-2)16-13(15-8)17-12(18)9-3-5-10(14)6-4-9/h3-7H,1-2H3,(H,15,16,17,18). The summed E-state index contributed by atoms with van der Waals surface area (Å²) in [5.74, 6) is 0.412. The van der Waals surface area contributed by atoms with Crippen LogP contribution in [0.25, 0.3) is 0 Å². The molecule has 0 unspecified atom stereocenters. The number of nitrogens with zero attached hydrogens (tertiary/aromatic N) is 2. The molecule has 2 aromatic rings. The Hall–Kier alpha value is -1.70. The van der Waals surface area contributed by atoms with E-state index in [1.807, 2.05) is 19.1 Å². The molecule has 1 heterocycles. The molecular formula is C13H12IN3O2. The lowest BCUT2D eigenvalue weighted by molar-refractivity contribution is 0.102. The number of carbonyl (C=O) groups excluding carboxylic acids is 1. The maximum Gasteiger partial charge on any atom is 0.258 e. The fourth-order valence-electron chi connectivity index (χ4n) is 1.48. The molecule has 0 aliphatic rings. The third-order valence-corrected chi connectivity index (χ3v) is 3.09. The van der Waals surface area contributed by atoms with Crippen molar-refractivity contribution in [1.82, 2.24) is 9.97 Å². The SMILES string of the molecule is COc1cc(C)nc(NC(=O)c2ccc(I)cc2)n1. The zero-order valence-corrected chi connectivity index (χ0v) is 12.6.